The summed E-state index contributed by atoms with van der Waals surface area (Å²) in [5.74, 6) is 0.509. The number of nitrogen functional groups attached to an aromatic ring is 1. The first-order chi connectivity index (χ1) is 9.22. The van der Waals surface area contributed by atoms with E-state index in [1.54, 1.807) is 6.20 Å². The SMILES string of the molecule is CC1CCN(c2ccc(N)c3ncccc23)C1CO. The van der Waals surface area contributed by atoms with Crippen molar-refractivity contribution in [3.05, 3.63) is 30.5 Å². The molecular formula is C15H19N3O. The van der Waals surface area contributed by atoms with Crippen LogP contribution in [0.5, 0.6) is 0 Å². The van der Waals surface area contributed by atoms with Gasteiger partial charge in [-0.05, 0) is 36.6 Å². The quantitative estimate of drug-likeness (QED) is 0.808. The Hall–Kier alpha value is -1.81. The van der Waals surface area contributed by atoms with Crippen LogP contribution >= 0.6 is 0 Å². The highest BCUT2D eigenvalue weighted by Crippen LogP contribution is 2.35. The Kier molecular flexibility index (Phi) is 3.03. The third-order valence-corrected chi connectivity index (χ3v) is 4.16. The van der Waals surface area contributed by atoms with Gasteiger partial charge in [-0.25, -0.2) is 0 Å². The maximum Gasteiger partial charge on any atom is 0.0951 e. The molecule has 1 fully saturated rings. The molecule has 4 nitrogen and oxygen atoms in total. The van der Waals surface area contributed by atoms with Crippen LogP contribution < -0.4 is 10.6 Å². The normalized spacial score (nSPS) is 23.2. The first kappa shape index (κ1) is 12.2. The molecule has 2 unspecified atom stereocenters. The zero-order valence-electron chi connectivity index (χ0n) is 11.1. The second kappa shape index (κ2) is 4.70. The van der Waals surface area contributed by atoms with Crippen LogP contribution in [-0.4, -0.2) is 29.3 Å². The van der Waals surface area contributed by atoms with Gasteiger partial charge in [0.15, 0.2) is 0 Å². The van der Waals surface area contributed by atoms with Gasteiger partial charge < -0.3 is 15.7 Å². The molecule has 4 heteroatoms. The highest BCUT2D eigenvalue weighted by atomic mass is 16.3. The van der Waals surface area contributed by atoms with E-state index in [1.165, 1.54) is 0 Å². The Bertz CT molecular complexity index is 599. The minimum absolute atomic E-state index is 0.187. The van der Waals surface area contributed by atoms with Crippen molar-refractivity contribution in [2.45, 2.75) is 19.4 Å². The van der Waals surface area contributed by atoms with Gasteiger partial charge in [-0.3, -0.25) is 4.98 Å². The first-order valence-corrected chi connectivity index (χ1v) is 6.73. The van der Waals surface area contributed by atoms with E-state index >= 15 is 0 Å². The molecule has 0 saturated carbocycles. The van der Waals surface area contributed by atoms with Crippen LogP contribution in [0.4, 0.5) is 11.4 Å². The summed E-state index contributed by atoms with van der Waals surface area (Å²) >= 11 is 0. The summed E-state index contributed by atoms with van der Waals surface area (Å²) < 4.78 is 0. The molecule has 0 bridgehead atoms. The lowest BCUT2D eigenvalue weighted by molar-refractivity contribution is 0.245. The third kappa shape index (κ3) is 1.92. The molecule has 0 aliphatic carbocycles. The molecule has 100 valence electrons. The predicted octanol–water partition coefficient (Wildman–Crippen LogP) is 2.02. The average Bonchev–Trinajstić information content (AvgIpc) is 2.80. The lowest BCUT2D eigenvalue weighted by atomic mass is 10.0. The van der Waals surface area contributed by atoms with Crippen LogP contribution in [0.25, 0.3) is 10.9 Å². The van der Waals surface area contributed by atoms with Gasteiger partial charge in [0, 0.05) is 23.8 Å². The topological polar surface area (TPSA) is 62.4 Å². The summed E-state index contributed by atoms with van der Waals surface area (Å²) in [5, 5.41) is 10.7. The fourth-order valence-electron chi connectivity index (χ4n) is 3.02. The highest BCUT2D eigenvalue weighted by Gasteiger charge is 2.31. The van der Waals surface area contributed by atoms with Gasteiger partial charge >= 0.3 is 0 Å². The van der Waals surface area contributed by atoms with Crippen LogP contribution in [-0.2, 0) is 0 Å². The number of benzene rings is 1. The molecule has 2 heterocycles. The number of hydrogen-bond donors (Lipinski definition) is 2. The number of fused-ring (bicyclic) bond motifs is 1. The molecule has 1 aliphatic rings. The number of nitrogens with zero attached hydrogens (tertiary/aromatic N) is 2. The van der Waals surface area contributed by atoms with Crippen LogP contribution in [0.1, 0.15) is 13.3 Å². The molecule has 0 radical (unpaired) electrons. The molecule has 1 aromatic heterocycles. The van der Waals surface area contributed by atoms with E-state index < -0.39 is 0 Å². The second-order valence-corrected chi connectivity index (χ2v) is 5.28. The lowest BCUT2D eigenvalue weighted by Crippen LogP contribution is -2.35. The zero-order chi connectivity index (χ0) is 13.4. The molecule has 1 aliphatic heterocycles. The van der Waals surface area contributed by atoms with Crippen LogP contribution in [0.15, 0.2) is 30.5 Å². The van der Waals surface area contributed by atoms with Crippen molar-refractivity contribution in [1.82, 2.24) is 4.98 Å². The maximum atomic E-state index is 9.61. The molecule has 0 amide bonds. The average molecular weight is 257 g/mol. The number of aromatic nitrogens is 1. The molecule has 0 spiro atoms. The van der Waals surface area contributed by atoms with Crippen molar-refractivity contribution in [3.8, 4) is 0 Å². The summed E-state index contributed by atoms with van der Waals surface area (Å²) in [6.07, 6.45) is 2.87. The number of aliphatic hydroxyl groups excluding tert-OH is 1. The molecular weight excluding hydrogens is 238 g/mol. The van der Waals surface area contributed by atoms with E-state index in [2.05, 4.69) is 16.8 Å². The summed E-state index contributed by atoms with van der Waals surface area (Å²) in [4.78, 5) is 6.65. The summed E-state index contributed by atoms with van der Waals surface area (Å²) in [6.45, 7) is 3.35. The smallest absolute Gasteiger partial charge is 0.0951 e. The van der Waals surface area contributed by atoms with Crippen molar-refractivity contribution < 1.29 is 5.11 Å². The third-order valence-electron chi connectivity index (χ3n) is 4.16. The van der Waals surface area contributed by atoms with Gasteiger partial charge in [0.2, 0.25) is 0 Å². The Morgan fingerprint density at radius 2 is 2.26 bits per heavy atom. The largest absolute Gasteiger partial charge is 0.397 e. The maximum absolute atomic E-state index is 9.61. The Morgan fingerprint density at radius 3 is 3.05 bits per heavy atom. The van der Waals surface area contributed by atoms with E-state index in [0.29, 0.717) is 11.6 Å². The minimum Gasteiger partial charge on any atom is -0.397 e. The summed E-state index contributed by atoms with van der Waals surface area (Å²) in [5.41, 5.74) is 8.66. The molecule has 2 atom stereocenters. The number of rotatable bonds is 2. The Labute approximate surface area is 112 Å². The van der Waals surface area contributed by atoms with E-state index in [1.807, 2.05) is 24.3 Å². The Balaban J connectivity index is 2.13. The van der Waals surface area contributed by atoms with Crippen molar-refractivity contribution in [1.29, 1.82) is 0 Å². The van der Waals surface area contributed by atoms with Gasteiger partial charge in [0.25, 0.3) is 0 Å². The highest BCUT2D eigenvalue weighted by molar-refractivity contribution is 5.98. The molecule has 1 aromatic carbocycles. The van der Waals surface area contributed by atoms with Crippen LogP contribution in [0.3, 0.4) is 0 Å². The first-order valence-electron chi connectivity index (χ1n) is 6.73. The molecule has 1 saturated heterocycles. The van der Waals surface area contributed by atoms with Crippen molar-refractivity contribution in [2.24, 2.45) is 5.92 Å². The standard InChI is InChI=1S/C15H19N3O/c1-10-6-8-18(14(10)9-19)13-5-4-12(16)15-11(13)3-2-7-17-15/h2-5,7,10,14,19H,6,8-9,16H2,1H3. The predicted molar refractivity (Wildman–Crippen MR) is 78.2 cm³/mol. The molecule has 3 N–H and O–H groups in total. The van der Waals surface area contributed by atoms with E-state index in [0.717, 1.165) is 29.6 Å². The summed E-state index contributed by atoms with van der Waals surface area (Å²) in [6, 6.07) is 8.11. The van der Waals surface area contributed by atoms with Crippen molar-refractivity contribution >= 4 is 22.3 Å². The molecule has 2 aromatic rings. The lowest BCUT2D eigenvalue weighted by Gasteiger charge is -2.28. The van der Waals surface area contributed by atoms with Gasteiger partial charge in [-0.2, -0.15) is 0 Å². The summed E-state index contributed by atoms with van der Waals surface area (Å²) in [7, 11) is 0. The minimum atomic E-state index is 0.187. The van der Waals surface area contributed by atoms with E-state index in [9.17, 15) is 5.11 Å². The van der Waals surface area contributed by atoms with E-state index in [4.69, 9.17) is 5.73 Å². The molecule has 3 rings (SSSR count). The van der Waals surface area contributed by atoms with Crippen molar-refractivity contribution in [2.75, 3.05) is 23.8 Å². The second-order valence-electron chi connectivity index (χ2n) is 5.28. The van der Waals surface area contributed by atoms with Gasteiger partial charge in [-0.15, -0.1) is 0 Å². The van der Waals surface area contributed by atoms with Crippen molar-refractivity contribution in [3.63, 3.8) is 0 Å². The number of anilines is 2. The fourth-order valence-corrected chi connectivity index (χ4v) is 3.02. The van der Waals surface area contributed by atoms with Gasteiger partial charge in [0.1, 0.15) is 0 Å². The number of hydrogen-bond acceptors (Lipinski definition) is 4. The van der Waals surface area contributed by atoms with Gasteiger partial charge in [-0.1, -0.05) is 6.92 Å². The molecule has 19 heavy (non-hydrogen) atoms. The number of nitrogens with two attached hydrogens (primary N) is 1. The number of pyridine rings is 1. The van der Waals surface area contributed by atoms with Crippen LogP contribution in [0, 0.1) is 5.92 Å². The fraction of sp³-hybridized carbons (Fsp3) is 0.400. The van der Waals surface area contributed by atoms with Crippen LogP contribution in [0.2, 0.25) is 0 Å². The number of aliphatic hydroxyl groups is 1. The van der Waals surface area contributed by atoms with E-state index in [-0.39, 0.29) is 12.6 Å². The Morgan fingerprint density at radius 1 is 1.42 bits per heavy atom. The van der Waals surface area contributed by atoms with Gasteiger partial charge in [0.05, 0.1) is 23.9 Å². The monoisotopic (exact) mass is 257 g/mol. The zero-order valence-corrected chi connectivity index (χ0v) is 11.1.